The summed E-state index contributed by atoms with van der Waals surface area (Å²) in [6.45, 7) is 4.80. The van der Waals surface area contributed by atoms with Crippen LogP contribution in [0, 0.1) is 0 Å². The van der Waals surface area contributed by atoms with Gasteiger partial charge in [-0.1, -0.05) is 0 Å². The van der Waals surface area contributed by atoms with Crippen molar-refractivity contribution in [3.8, 4) is 0 Å². The van der Waals surface area contributed by atoms with Crippen LogP contribution in [0.15, 0.2) is 0 Å². The van der Waals surface area contributed by atoms with Gasteiger partial charge in [-0.2, -0.15) is 0 Å². The Labute approximate surface area is 131 Å². The summed E-state index contributed by atoms with van der Waals surface area (Å²) in [7, 11) is 0. The molecule has 1 aliphatic heterocycles. The Morgan fingerprint density at radius 3 is 1.73 bits per heavy atom. The predicted octanol–water partition coefficient (Wildman–Crippen LogP) is 0.417. The van der Waals surface area contributed by atoms with Gasteiger partial charge in [-0.3, -0.25) is 19.2 Å². The SMILES string of the molecule is CC(=O)OC[C@@H]1S[C@@H](OC(C)=O)[C@@H](OC(C)=O)[C@H]1OC(C)=O. The van der Waals surface area contributed by atoms with E-state index in [0.717, 1.165) is 11.8 Å². The van der Waals surface area contributed by atoms with Gasteiger partial charge in [-0.05, 0) is 0 Å². The highest BCUT2D eigenvalue weighted by Gasteiger charge is 2.50. The number of thioether (sulfide) groups is 1. The lowest BCUT2D eigenvalue weighted by Crippen LogP contribution is -2.42. The van der Waals surface area contributed by atoms with Crippen molar-refractivity contribution < 1.29 is 38.1 Å². The topological polar surface area (TPSA) is 105 Å². The summed E-state index contributed by atoms with van der Waals surface area (Å²) in [4.78, 5) is 44.6. The molecule has 1 fully saturated rings. The van der Waals surface area contributed by atoms with Crippen LogP contribution in [0.2, 0.25) is 0 Å². The highest BCUT2D eigenvalue weighted by Crippen LogP contribution is 2.39. The second kappa shape index (κ2) is 8.02. The van der Waals surface area contributed by atoms with Crippen molar-refractivity contribution >= 4 is 35.6 Å². The van der Waals surface area contributed by atoms with E-state index in [4.69, 9.17) is 18.9 Å². The molecule has 1 aliphatic rings. The molecule has 0 N–H and O–H groups in total. The maximum atomic E-state index is 11.3. The molecular formula is C13H18O8S. The maximum Gasteiger partial charge on any atom is 0.303 e. The van der Waals surface area contributed by atoms with Gasteiger partial charge in [0.05, 0.1) is 5.25 Å². The van der Waals surface area contributed by atoms with Crippen LogP contribution in [0.4, 0.5) is 0 Å². The van der Waals surface area contributed by atoms with Crippen molar-refractivity contribution in [2.75, 3.05) is 6.61 Å². The minimum Gasteiger partial charge on any atom is -0.465 e. The lowest BCUT2D eigenvalue weighted by molar-refractivity contribution is -0.173. The van der Waals surface area contributed by atoms with Gasteiger partial charge in [0.2, 0.25) is 0 Å². The fourth-order valence-electron chi connectivity index (χ4n) is 1.93. The number of esters is 4. The molecular weight excluding hydrogens is 316 g/mol. The summed E-state index contributed by atoms with van der Waals surface area (Å²) in [5.74, 6) is -2.25. The van der Waals surface area contributed by atoms with Gasteiger partial charge in [0.15, 0.2) is 17.6 Å². The molecule has 0 saturated carbocycles. The predicted molar refractivity (Wildman–Crippen MR) is 74.7 cm³/mol. The van der Waals surface area contributed by atoms with E-state index in [2.05, 4.69) is 0 Å². The first-order chi connectivity index (χ1) is 10.2. The Kier molecular flexibility index (Phi) is 6.66. The summed E-state index contributed by atoms with van der Waals surface area (Å²) in [5, 5.41) is -0.513. The van der Waals surface area contributed by atoms with Crippen LogP contribution in [0.1, 0.15) is 27.7 Å². The molecule has 4 atom stereocenters. The zero-order chi connectivity index (χ0) is 16.9. The monoisotopic (exact) mass is 334 g/mol. The second-order valence-corrected chi connectivity index (χ2v) is 5.95. The third-order valence-electron chi connectivity index (χ3n) is 2.60. The standard InChI is InChI=1S/C13H18O8S/c1-6(14)18-5-10-11(19-7(2)15)12(20-8(3)16)13(22-10)21-9(4)17/h10-13H,5H2,1-4H3/t10-,11-,12-,13+/m0/s1. The Morgan fingerprint density at radius 2 is 1.27 bits per heavy atom. The summed E-state index contributed by atoms with van der Waals surface area (Å²) in [5.41, 5.74) is -0.841. The first-order valence-electron chi connectivity index (χ1n) is 6.51. The van der Waals surface area contributed by atoms with Gasteiger partial charge >= 0.3 is 23.9 Å². The lowest BCUT2D eigenvalue weighted by atomic mass is 10.1. The molecule has 0 radical (unpaired) electrons. The number of carbonyl (C=O) groups excluding carboxylic acids is 4. The summed E-state index contributed by atoms with van der Waals surface area (Å²) < 4.78 is 20.3. The molecule has 0 aliphatic carbocycles. The van der Waals surface area contributed by atoms with E-state index in [1.54, 1.807) is 0 Å². The summed E-state index contributed by atoms with van der Waals surface area (Å²) in [6.07, 6.45) is -1.84. The Morgan fingerprint density at radius 1 is 0.773 bits per heavy atom. The van der Waals surface area contributed by atoms with Gasteiger partial charge in [0.1, 0.15) is 6.61 Å². The van der Waals surface area contributed by atoms with E-state index in [1.807, 2.05) is 0 Å². The van der Waals surface area contributed by atoms with Crippen molar-refractivity contribution in [1.29, 1.82) is 0 Å². The highest BCUT2D eigenvalue weighted by molar-refractivity contribution is 8.00. The van der Waals surface area contributed by atoms with Crippen molar-refractivity contribution in [3.05, 3.63) is 0 Å². The number of hydrogen-bond donors (Lipinski definition) is 0. The molecule has 0 aromatic heterocycles. The second-order valence-electron chi connectivity index (χ2n) is 4.60. The molecule has 0 spiro atoms. The molecule has 0 amide bonds. The van der Waals surface area contributed by atoms with Crippen LogP contribution in [-0.4, -0.2) is 53.4 Å². The Bertz CT molecular complexity index is 463. The van der Waals surface area contributed by atoms with Crippen LogP contribution in [0.5, 0.6) is 0 Å². The van der Waals surface area contributed by atoms with E-state index in [0.29, 0.717) is 0 Å². The normalized spacial score (nSPS) is 26.9. The van der Waals surface area contributed by atoms with Gasteiger partial charge in [-0.15, -0.1) is 11.8 Å². The molecule has 9 heteroatoms. The van der Waals surface area contributed by atoms with Crippen molar-refractivity contribution in [2.24, 2.45) is 0 Å². The average molecular weight is 334 g/mol. The number of rotatable bonds is 5. The molecule has 1 heterocycles. The molecule has 0 unspecified atom stereocenters. The minimum atomic E-state index is -0.962. The number of ether oxygens (including phenoxy) is 4. The molecule has 22 heavy (non-hydrogen) atoms. The van der Waals surface area contributed by atoms with Crippen LogP contribution >= 0.6 is 11.8 Å². The number of carbonyl (C=O) groups is 4. The summed E-state index contributed by atoms with van der Waals surface area (Å²) in [6, 6.07) is 0. The van der Waals surface area contributed by atoms with Crippen LogP contribution in [0.3, 0.4) is 0 Å². The van der Waals surface area contributed by atoms with Crippen molar-refractivity contribution in [3.63, 3.8) is 0 Å². The quantitative estimate of drug-likeness (QED) is 0.522. The Hall–Kier alpha value is -1.77. The fraction of sp³-hybridized carbons (Fsp3) is 0.692. The molecule has 124 valence electrons. The van der Waals surface area contributed by atoms with E-state index in [1.165, 1.54) is 27.7 Å². The van der Waals surface area contributed by atoms with E-state index in [-0.39, 0.29) is 6.61 Å². The third-order valence-corrected chi connectivity index (χ3v) is 3.99. The Balaban J connectivity index is 2.94. The van der Waals surface area contributed by atoms with E-state index in [9.17, 15) is 19.2 Å². The van der Waals surface area contributed by atoms with Gasteiger partial charge < -0.3 is 18.9 Å². The largest absolute Gasteiger partial charge is 0.465 e. The number of hydrogen-bond acceptors (Lipinski definition) is 9. The maximum absolute atomic E-state index is 11.3. The highest BCUT2D eigenvalue weighted by atomic mass is 32.2. The first-order valence-corrected chi connectivity index (χ1v) is 7.45. The average Bonchev–Trinajstić information content (AvgIpc) is 2.63. The molecule has 1 saturated heterocycles. The first kappa shape index (κ1) is 18.3. The summed E-state index contributed by atoms with van der Waals surface area (Å²) >= 11 is 1.11. The van der Waals surface area contributed by atoms with Crippen LogP contribution in [-0.2, 0) is 38.1 Å². The molecule has 0 aromatic rings. The molecule has 0 aromatic carbocycles. The van der Waals surface area contributed by atoms with E-state index < -0.39 is 46.8 Å². The fourth-order valence-corrected chi connectivity index (χ4v) is 3.35. The van der Waals surface area contributed by atoms with Gasteiger partial charge in [0, 0.05) is 27.7 Å². The van der Waals surface area contributed by atoms with Crippen LogP contribution in [0.25, 0.3) is 0 Å². The molecule has 8 nitrogen and oxygen atoms in total. The molecule has 0 bridgehead atoms. The van der Waals surface area contributed by atoms with Crippen molar-refractivity contribution in [1.82, 2.24) is 0 Å². The third kappa shape index (κ3) is 5.55. The van der Waals surface area contributed by atoms with Gasteiger partial charge in [-0.25, -0.2) is 0 Å². The van der Waals surface area contributed by atoms with Crippen LogP contribution < -0.4 is 0 Å². The van der Waals surface area contributed by atoms with Crippen molar-refractivity contribution in [2.45, 2.75) is 50.6 Å². The van der Waals surface area contributed by atoms with Gasteiger partial charge in [0.25, 0.3) is 0 Å². The van der Waals surface area contributed by atoms with E-state index >= 15 is 0 Å². The smallest absolute Gasteiger partial charge is 0.303 e. The zero-order valence-corrected chi connectivity index (χ0v) is 13.5. The molecule has 1 rings (SSSR count). The minimum absolute atomic E-state index is 0.0620. The lowest BCUT2D eigenvalue weighted by Gasteiger charge is -2.24. The zero-order valence-electron chi connectivity index (χ0n) is 12.7.